The number of halogens is 1. The summed E-state index contributed by atoms with van der Waals surface area (Å²) >= 11 is 0. The number of rotatable bonds is 6. The molecule has 1 saturated heterocycles. The van der Waals surface area contributed by atoms with Crippen LogP contribution in [0.25, 0.3) is 0 Å². The van der Waals surface area contributed by atoms with Crippen LogP contribution in [-0.4, -0.2) is 46.4 Å². The monoisotopic (exact) mass is 406 g/mol. The van der Waals surface area contributed by atoms with Crippen molar-refractivity contribution < 1.29 is 9.59 Å². The largest absolute Gasteiger partial charge is 0.370 e. The Labute approximate surface area is 170 Å². The van der Waals surface area contributed by atoms with Crippen LogP contribution in [0.3, 0.4) is 0 Å². The van der Waals surface area contributed by atoms with Crippen molar-refractivity contribution in [2.75, 3.05) is 24.5 Å². The molecule has 28 heavy (non-hydrogen) atoms. The third kappa shape index (κ3) is 4.88. The average Bonchev–Trinajstić information content (AvgIpc) is 3.04. The minimum Gasteiger partial charge on any atom is -0.370 e. The minimum absolute atomic E-state index is 0. The first-order valence-electron chi connectivity index (χ1n) is 9.26. The van der Waals surface area contributed by atoms with Gasteiger partial charge in [-0.3, -0.25) is 9.59 Å². The van der Waals surface area contributed by atoms with Crippen LogP contribution >= 0.6 is 12.4 Å². The second kappa shape index (κ2) is 9.66. The number of nitrogens with zero attached hydrogens (tertiary/aromatic N) is 4. The van der Waals surface area contributed by atoms with Crippen LogP contribution in [-0.2, 0) is 4.79 Å². The van der Waals surface area contributed by atoms with Gasteiger partial charge in [0.2, 0.25) is 5.91 Å². The van der Waals surface area contributed by atoms with E-state index in [1.54, 1.807) is 4.90 Å². The van der Waals surface area contributed by atoms with Gasteiger partial charge in [-0.15, -0.1) is 17.5 Å². The van der Waals surface area contributed by atoms with Crippen LogP contribution in [0.1, 0.15) is 47.1 Å². The van der Waals surface area contributed by atoms with E-state index in [0.29, 0.717) is 5.69 Å². The Balaban J connectivity index is 0.00000280. The standard InChI is InChI=1S/C19H26N6O2.ClH/c1-13-4-3-5-16(12-13)24(11-8-17(20)26)19(27)18-14(2)25(23-22-18)15-6-9-21-10-7-15;/h3-5,12,15,21H,6-11H2,1-2H3,(H2,20,26);1H. The average molecular weight is 407 g/mol. The highest BCUT2D eigenvalue weighted by atomic mass is 35.5. The quantitative estimate of drug-likeness (QED) is 0.760. The second-order valence-corrected chi connectivity index (χ2v) is 6.96. The molecule has 0 spiro atoms. The summed E-state index contributed by atoms with van der Waals surface area (Å²) in [5, 5.41) is 11.7. The van der Waals surface area contributed by atoms with E-state index < -0.39 is 5.91 Å². The number of hydrogen-bond acceptors (Lipinski definition) is 5. The number of carbonyl (C=O) groups excluding carboxylic acids is 2. The second-order valence-electron chi connectivity index (χ2n) is 6.96. The molecule has 0 bridgehead atoms. The maximum atomic E-state index is 13.2. The Morgan fingerprint density at radius 2 is 2.00 bits per heavy atom. The third-order valence-corrected chi connectivity index (χ3v) is 4.92. The fourth-order valence-corrected chi connectivity index (χ4v) is 3.43. The number of benzene rings is 1. The van der Waals surface area contributed by atoms with Gasteiger partial charge in [-0.25, -0.2) is 4.68 Å². The summed E-state index contributed by atoms with van der Waals surface area (Å²) in [6.07, 6.45) is 2.00. The Kier molecular flexibility index (Phi) is 7.53. The molecule has 2 heterocycles. The molecule has 9 heteroatoms. The van der Waals surface area contributed by atoms with E-state index in [4.69, 9.17) is 5.73 Å². The van der Waals surface area contributed by atoms with Crippen molar-refractivity contribution in [3.8, 4) is 0 Å². The van der Waals surface area contributed by atoms with E-state index in [-0.39, 0.29) is 37.3 Å². The van der Waals surface area contributed by atoms with Crippen molar-refractivity contribution in [2.45, 2.75) is 39.2 Å². The van der Waals surface area contributed by atoms with Crippen molar-refractivity contribution >= 4 is 29.9 Å². The molecule has 1 aliphatic heterocycles. The van der Waals surface area contributed by atoms with E-state index >= 15 is 0 Å². The summed E-state index contributed by atoms with van der Waals surface area (Å²) < 4.78 is 1.86. The summed E-state index contributed by atoms with van der Waals surface area (Å²) in [5.41, 5.74) is 8.12. The zero-order valence-corrected chi connectivity index (χ0v) is 17.0. The number of aryl methyl sites for hydroxylation is 1. The van der Waals surface area contributed by atoms with Crippen molar-refractivity contribution in [3.63, 3.8) is 0 Å². The van der Waals surface area contributed by atoms with Crippen LogP contribution < -0.4 is 16.0 Å². The highest BCUT2D eigenvalue weighted by molar-refractivity contribution is 6.05. The maximum Gasteiger partial charge on any atom is 0.280 e. The van der Waals surface area contributed by atoms with Gasteiger partial charge in [-0.2, -0.15) is 0 Å². The number of aromatic nitrogens is 3. The molecule has 0 saturated carbocycles. The molecule has 0 radical (unpaired) electrons. The van der Waals surface area contributed by atoms with Gasteiger partial charge in [0.05, 0.1) is 11.7 Å². The normalized spacial score (nSPS) is 14.4. The molecule has 3 N–H and O–H groups in total. The molecule has 1 aromatic carbocycles. The number of hydrogen-bond donors (Lipinski definition) is 2. The smallest absolute Gasteiger partial charge is 0.280 e. The zero-order chi connectivity index (χ0) is 19.4. The molecule has 0 unspecified atom stereocenters. The first-order chi connectivity index (χ1) is 13.0. The van der Waals surface area contributed by atoms with Crippen LogP contribution in [0.5, 0.6) is 0 Å². The van der Waals surface area contributed by atoms with Gasteiger partial charge < -0.3 is 16.0 Å². The maximum absolute atomic E-state index is 13.2. The number of amides is 2. The molecule has 152 valence electrons. The van der Waals surface area contributed by atoms with Gasteiger partial charge in [-0.05, 0) is 57.5 Å². The fraction of sp³-hybridized carbons (Fsp3) is 0.474. The van der Waals surface area contributed by atoms with Crippen LogP contribution in [0.4, 0.5) is 5.69 Å². The van der Waals surface area contributed by atoms with Crippen LogP contribution in [0.2, 0.25) is 0 Å². The van der Waals surface area contributed by atoms with E-state index in [2.05, 4.69) is 15.6 Å². The predicted octanol–water partition coefficient (Wildman–Crippen LogP) is 1.76. The Morgan fingerprint density at radius 1 is 1.29 bits per heavy atom. The zero-order valence-electron chi connectivity index (χ0n) is 16.2. The lowest BCUT2D eigenvalue weighted by atomic mass is 10.1. The third-order valence-electron chi connectivity index (χ3n) is 4.92. The number of nitrogens with one attached hydrogen (secondary N) is 1. The number of primary amides is 1. The van der Waals surface area contributed by atoms with Gasteiger partial charge in [0.15, 0.2) is 5.69 Å². The molecular weight excluding hydrogens is 380 g/mol. The number of nitrogens with two attached hydrogens (primary N) is 1. The van der Waals surface area contributed by atoms with Gasteiger partial charge >= 0.3 is 0 Å². The van der Waals surface area contributed by atoms with Gasteiger partial charge in [0.25, 0.3) is 5.91 Å². The molecule has 1 fully saturated rings. The van der Waals surface area contributed by atoms with E-state index in [9.17, 15) is 9.59 Å². The molecule has 1 aliphatic rings. The Bertz CT molecular complexity index is 832. The molecule has 8 nitrogen and oxygen atoms in total. The van der Waals surface area contributed by atoms with Crippen molar-refractivity contribution in [1.82, 2.24) is 20.3 Å². The van der Waals surface area contributed by atoms with Crippen LogP contribution in [0.15, 0.2) is 24.3 Å². The first-order valence-corrected chi connectivity index (χ1v) is 9.26. The van der Waals surface area contributed by atoms with E-state index in [1.165, 1.54) is 0 Å². The molecular formula is C19H27ClN6O2. The molecule has 0 aliphatic carbocycles. The van der Waals surface area contributed by atoms with Gasteiger partial charge in [0, 0.05) is 18.7 Å². The van der Waals surface area contributed by atoms with Gasteiger partial charge in [-0.1, -0.05) is 17.3 Å². The highest BCUT2D eigenvalue weighted by Gasteiger charge is 2.27. The summed E-state index contributed by atoms with van der Waals surface area (Å²) in [5.74, 6) is -0.713. The van der Waals surface area contributed by atoms with E-state index in [0.717, 1.165) is 42.9 Å². The summed E-state index contributed by atoms with van der Waals surface area (Å²) in [6.45, 7) is 5.90. The number of anilines is 1. The molecule has 3 rings (SSSR count). The Hall–Kier alpha value is -2.45. The summed E-state index contributed by atoms with van der Waals surface area (Å²) in [4.78, 5) is 26.1. The SMILES string of the molecule is Cc1cccc(N(CCC(N)=O)C(=O)c2nnn(C3CCNCC3)c2C)c1.Cl. The van der Waals surface area contributed by atoms with Crippen molar-refractivity contribution in [1.29, 1.82) is 0 Å². The molecule has 2 amide bonds. The lowest BCUT2D eigenvalue weighted by Gasteiger charge is -2.24. The van der Waals surface area contributed by atoms with Gasteiger partial charge in [0.1, 0.15) is 0 Å². The predicted molar refractivity (Wildman–Crippen MR) is 110 cm³/mol. The topological polar surface area (TPSA) is 106 Å². The summed E-state index contributed by atoms with van der Waals surface area (Å²) in [6, 6.07) is 7.84. The minimum atomic E-state index is -0.449. The first kappa shape index (κ1) is 21.8. The molecule has 1 aromatic heterocycles. The highest BCUT2D eigenvalue weighted by Crippen LogP contribution is 2.23. The lowest BCUT2D eigenvalue weighted by molar-refractivity contribution is -0.117. The van der Waals surface area contributed by atoms with Crippen molar-refractivity contribution in [3.05, 3.63) is 41.2 Å². The van der Waals surface area contributed by atoms with Crippen molar-refractivity contribution in [2.24, 2.45) is 5.73 Å². The lowest BCUT2D eigenvalue weighted by Crippen LogP contribution is -2.35. The molecule has 0 atom stereocenters. The fourth-order valence-electron chi connectivity index (χ4n) is 3.43. The summed E-state index contributed by atoms with van der Waals surface area (Å²) in [7, 11) is 0. The molecule has 2 aromatic rings. The van der Waals surface area contributed by atoms with Crippen LogP contribution in [0, 0.1) is 13.8 Å². The van der Waals surface area contributed by atoms with E-state index in [1.807, 2.05) is 42.8 Å². The number of piperidine rings is 1. The Morgan fingerprint density at radius 3 is 2.64 bits per heavy atom. The number of carbonyl (C=O) groups is 2.